The van der Waals surface area contributed by atoms with Gasteiger partial charge in [-0.05, 0) is 17.6 Å². The zero-order valence-electron chi connectivity index (χ0n) is 6.37. The summed E-state index contributed by atoms with van der Waals surface area (Å²) in [6, 6.07) is 1.78. The first kappa shape index (κ1) is 8.16. The number of hydrogen-bond acceptors (Lipinski definition) is 4. The third-order valence-corrected chi connectivity index (χ3v) is 1.83. The lowest BCUT2D eigenvalue weighted by atomic mass is 10.4. The van der Waals surface area contributed by atoms with Crippen LogP contribution in [0.3, 0.4) is 0 Å². The highest BCUT2D eigenvalue weighted by molar-refractivity contribution is 7.03. The molecular weight excluding hydrogens is 162 g/mol. The van der Waals surface area contributed by atoms with Crippen LogP contribution in [0.5, 0.6) is 0 Å². The fourth-order valence-electron chi connectivity index (χ4n) is 0.587. The van der Waals surface area contributed by atoms with E-state index in [1.165, 1.54) is 23.7 Å². The van der Waals surface area contributed by atoms with E-state index in [0.29, 0.717) is 5.69 Å². The van der Waals surface area contributed by atoms with E-state index in [9.17, 15) is 0 Å². The number of aromatic nitrogens is 1. The molecule has 4 nitrogen and oxygen atoms in total. The molecule has 11 heavy (non-hydrogen) atoms. The second kappa shape index (κ2) is 3.45. The van der Waals surface area contributed by atoms with Gasteiger partial charge in [-0.15, -0.1) is 0 Å². The predicted molar refractivity (Wildman–Crippen MR) is 43.7 cm³/mol. The van der Waals surface area contributed by atoms with Gasteiger partial charge in [-0.2, -0.15) is 4.37 Å². The van der Waals surface area contributed by atoms with Crippen LogP contribution in [0.25, 0.3) is 0 Å². The third-order valence-electron chi connectivity index (χ3n) is 1.27. The van der Waals surface area contributed by atoms with Gasteiger partial charge >= 0.3 is 0 Å². The summed E-state index contributed by atoms with van der Waals surface area (Å²) in [5.74, 6) is 0.272. The maximum atomic E-state index is 7.50. The summed E-state index contributed by atoms with van der Waals surface area (Å²) < 4.78 is 3.98. The molecule has 0 aromatic carbocycles. The van der Waals surface area contributed by atoms with E-state index >= 15 is 0 Å². The molecule has 60 valence electrons. The second-order valence-electron chi connectivity index (χ2n) is 1.91. The van der Waals surface area contributed by atoms with Gasteiger partial charge in [0.15, 0.2) is 5.84 Å². The van der Waals surface area contributed by atoms with Crippen molar-refractivity contribution in [1.82, 2.24) is 9.44 Å². The molecule has 1 rings (SSSR count). The highest BCUT2D eigenvalue weighted by atomic mass is 32.1. The molecule has 0 aliphatic rings. The molecule has 0 radical (unpaired) electrons. The van der Waals surface area contributed by atoms with Gasteiger partial charge < -0.3 is 0 Å². The van der Waals surface area contributed by atoms with Gasteiger partial charge in [0.2, 0.25) is 0 Å². The van der Waals surface area contributed by atoms with Crippen molar-refractivity contribution in [2.45, 2.75) is 0 Å². The normalized spacial score (nSPS) is 9.64. The molecule has 0 aliphatic carbocycles. The van der Waals surface area contributed by atoms with Gasteiger partial charge in [0.25, 0.3) is 0 Å². The molecule has 0 saturated carbocycles. The lowest BCUT2D eigenvalue weighted by Crippen LogP contribution is -2.25. The predicted octanol–water partition coefficient (Wildman–Crippen LogP) is 0.962. The first-order valence-corrected chi connectivity index (χ1v) is 3.86. The van der Waals surface area contributed by atoms with Crippen LogP contribution in [0.15, 0.2) is 11.4 Å². The number of hydrogen-bond donors (Lipinski definition) is 1. The molecule has 0 fully saturated rings. The Balaban J connectivity index is 2.70. The Morgan fingerprint density at radius 2 is 2.55 bits per heavy atom. The minimum atomic E-state index is 0.272. The van der Waals surface area contributed by atoms with Crippen molar-refractivity contribution >= 4 is 17.4 Å². The maximum absolute atomic E-state index is 7.50. The van der Waals surface area contributed by atoms with Crippen molar-refractivity contribution in [2.75, 3.05) is 14.2 Å². The molecule has 0 atom stereocenters. The van der Waals surface area contributed by atoms with Crippen LogP contribution >= 0.6 is 11.5 Å². The fourth-order valence-corrected chi connectivity index (χ4v) is 1.10. The lowest BCUT2D eigenvalue weighted by molar-refractivity contribution is -0.0420. The summed E-state index contributed by atoms with van der Waals surface area (Å²) in [5, 5.41) is 10.7. The van der Waals surface area contributed by atoms with E-state index in [2.05, 4.69) is 4.37 Å². The Bertz CT molecular complexity index is 234. The number of nitrogens with one attached hydrogen (secondary N) is 1. The monoisotopic (exact) mass is 171 g/mol. The van der Waals surface area contributed by atoms with Crippen molar-refractivity contribution in [3.63, 3.8) is 0 Å². The average Bonchev–Trinajstić information content (AvgIpc) is 2.53. The number of nitrogens with zero attached hydrogens (tertiary/aromatic N) is 2. The Morgan fingerprint density at radius 1 is 1.82 bits per heavy atom. The maximum Gasteiger partial charge on any atom is 0.172 e. The molecule has 1 N–H and O–H groups in total. The zero-order valence-corrected chi connectivity index (χ0v) is 7.18. The largest absolute Gasteiger partial charge is 0.281 e. The molecule has 0 spiro atoms. The van der Waals surface area contributed by atoms with Crippen LogP contribution in [0.2, 0.25) is 0 Å². The third kappa shape index (κ3) is 1.75. The Kier molecular flexibility index (Phi) is 2.56. The first-order chi connectivity index (χ1) is 5.25. The van der Waals surface area contributed by atoms with E-state index in [1.807, 2.05) is 5.38 Å². The van der Waals surface area contributed by atoms with Crippen LogP contribution in [0.1, 0.15) is 5.69 Å². The van der Waals surface area contributed by atoms with Gasteiger partial charge in [-0.1, -0.05) is 0 Å². The van der Waals surface area contributed by atoms with E-state index in [-0.39, 0.29) is 5.84 Å². The van der Waals surface area contributed by atoms with Crippen molar-refractivity contribution in [3.8, 4) is 0 Å². The summed E-state index contributed by atoms with van der Waals surface area (Å²) in [5.41, 5.74) is 0.638. The van der Waals surface area contributed by atoms with Crippen molar-refractivity contribution in [3.05, 3.63) is 17.1 Å². The minimum absolute atomic E-state index is 0.272. The highest BCUT2D eigenvalue weighted by Gasteiger charge is 2.07. The topological polar surface area (TPSA) is 49.2 Å². The zero-order chi connectivity index (χ0) is 8.27. The van der Waals surface area contributed by atoms with Crippen LogP contribution < -0.4 is 0 Å². The SMILES string of the molecule is CON(C)C(=N)c1ccsn1. The summed E-state index contributed by atoms with van der Waals surface area (Å²) >= 11 is 1.32. The lowest BCUT2D eigenvalue weighted by Gasteiger charge is -2.13. The quantitative estimate of drug-likeness (QED) is 0.409. The Labute approximate surface area is 69.0 Å². The van der Waals surface area contributed by atoms with Gasteiger partial charge in [-0.3, -0.25) is 10.2 Å². The smallest absolute Gasteiger partial charge is 0.172 e. The standard InChI is InChI=1S/C6H9N3OS/c1-9(10-2)6(7)5-3-4-11-8-5/h3-4,7H,1-2H3. The molecule has 1 aromatic heterocycles. The van der Waals surface area contributed by atoms with Crippen molar-refractivity contribution in [1.29, 1.82) is 5.41 Å². The molecular formula is C6H9N3OS. The van der Waals surface area contributed by atoms with E-state index in [0.717, 1.165) is 0 Å². The molecule has 5 heteroatoms. The molecule has 0 bridgehead atoms. The van der Waals surface area contributed by atoms with Crippen LogP contribution in [-0.2, 0) is 4.84 Å². The molecule has 0 aliphatic heterocycles. The summed E-state index contributed by atoms with van der Waals surface area (Å²) in [6.07, 6.45) is 0. The average molecular weight is 171 g/mol. The molecule has 0 saturated heterocycles. The van der Waals surface area contributed by atoms with Crippen molar-refractivity contribution < 1.29 is 4.84 Å². The van der Waals surface area contributed by atoms with Crippen LogP contribution in [-0.4, -0.2) is 29.4 Å². The van der Waals surface area contributed by atoms with E-state index in [4.69, 9.17) is 10.2 Å². The van der Waals surface area contributed by atoms with Gasteiger partial charge in [0.05, 0.1) is 7.11 Å². The van der Waals surface area contributed by atoms with Gasteiger partial charge in [-0.25, -0.2) is 5.06 Å². The highest BCUT2D eigenvalue weighted by Crippen LogP contribution is 2.02. The summed E-state index contributed by atoms with van der Waals surface area (Å²) in [4.78, 5) is 4.81. The van der Waals surface area contributed by atoms with Crippen LogP contribution in [0, 0.1) is 5.41 Å². The van der Waals surface area contributed by atoms with Crippen molar-refractivity contribution in [2.24, 2.45) is 0 Å². The van der Waals surface area contributed by atoms with Gasteiger partial charge in [0, 0.05) is 12.4 Å². The molecule has 1 aromatic rings. The van der Waals surface area contributed by atoms with Crippen LogP contribution in [0.4, 0.5) is 0 Å². The molecule has 1 heterocycles. The Hall–Kier alpha value is -0.940. The summed E-state index contributed by atoms with van der Waals surface area (Å²) in [7, 11) is 3.18. The first-order valence-electron chi connectivity index (χ1n) is 3.03. The van der Waals surface area contributed by atoms with Gasteiger partial charge in [0.1, 0.15) is 5.69 Å². The Morgan fingerprint density at radius 3 is 3.00 bits per heavy atom. The number of rotatable bonds is 2. The molecule has 0 unspecified atom stereocenters. The fraction of sp³-hybridized carbons (Fsp3) is 0.333. The minimum Gasteiger partial charge on any atom is -0.281 e. The van der Waals surface area contributed by atoms with E-state index < -0.39 is 0 Å². The van der Waals surface area contributed by atoms with E-state index in [1.54, 1.807) is 13.1 Å². The molecule has 0 amide bonds. The summed E-state index contributed by atoms with van der Waals surface area (Å²) in [6.45, 7) is 0. The number of hydroxylamine groups is 2. The second-order valence-corrected chi connectivity index (χ2v) is 2.58. The number of amidine groups is 1.